The van der Waals surface area contributed by atoms with Gasteiger partial charge in [0.1, 0.15) is 0 Å². The van der Waals surface area contributed by atoms with Crippen LogP contribution in [0.2, 0.25) is 0 Å². The lowest BCUT2D eigenvalue weighted by molar-refractivity contribution is -0.116. The fourth-order valence-electron chi connectivity index (χ4n) is 2.04. The third kappa shape index (κ3) is 5.84. The summed E-state index contributed by atoms with van der Waals surface area (Å²) in [7, 11) is 0. The summed E-state index contributed by atoms with van der Waals surface area (Å²) < 4.78 is 0. The summed E-state index contributed by atoms with van der Waals surface area (Å²) in [5, 5.41) is 10.7. The van der Waals surface area contributed by atoms with E-state index in [-0.39, 0.29) is 18.2 Å². The number of amides is 2. The number of nitrogens with one attached hydrogen (secondary N) is 3. The largest absolute Gasteiger partial charge is 0.351 e. The molecule has 0 aliphatic heterocycles. The van der Waals surface area contributed by atoms with Gasteiger partial charge in [-0.1, -0.05) is 25.1 Å². The summed E-state index contributed by atoms with van der Waals surface area (Å²) in [6, 6.07) is 11.3. The van der Waals surface area contributed by atoms with Crippen LogP contribution in [0, 0.1) is 0 Å². The minimum atomic E-state index is -0.138. The van der Waals surface area contributed by atoms with E-state index in [1.165, 1.54) is 11.3 Å². The maximum atomic E-state index is 11.9. The Morgan fingerprint density at radius 2 is 2.04 bits per heavy atom. The summed E-state index contributed by atoms with van der Waals surface area (Å²) in [5.41, 5.74) is 1.89. The van der Waals surface area contributed by atoms with Crippen molar-refractivity contribution in [2.24, 2.45) is 0 Å². The first-order valence-corrected chi connectivity index (χ1v) is 8.48. The molecule has 1 aromatic heterocycles. The van der Waals surface area contributed by atoms with Crippen molar-refractivity contribution in [2.45, 2.75) is 19.9 Å². The van der Waals surface area contributed by atoms with E-state index in [4.69, 9.17) is 0 Å². The highest BCUT2D eigenvalue weighted by atomic mass is 32.1. The van der Waals surface area contributed by atoms with Gasteiger partial charge in [-0.2, -0.15) is 0 Å². The summed E-state index contributed by atoms with van der Waals surface area (Å²) in [4.78, 5) is 24.3. The molecule has 122 valence electrons. The molecule has 0 unspecified atom stereocenters. The number of hydrogen-bond donors (Lipinski definition) is 3. The van der Waals surface area contributed by atoms with E-state index < -0.39 is 0 Å². The molecule has 1 heterocycles. The van der Waals surface area contributed by atoms with Gasteiger partial charge in [-0.25, -0.2) is 0 Å². The highest BCUT2D eigenvalue weighted by molar-refractivity contribution is 7.12. The van der Waals surface area contributed by atoms with E-state index in [1.807, 2.05) is 35.7 Å². The Balaban J connectivity index is 1.75. The van der Waals surface area contributed by atoms with Crippen LogP contribution < -0.4 is 16.0 Å². The van der Waals surface area contributed by atoms with E-state index in [0.29, 0.717) is 11.4 Å². The fourth-order valence-corrected chi connectivity index (χ4v) is 2.68. The Labute approximate surface area is 140 Å². The lowest BCUT2D eigenvalue weighted by Gasteiger charge is -2.08. The van der Waals surface area contributed by atoms with Gasteiger partial charge in [0, 0.05) is 25.2 Å². The van der Waals surface area contributed by atoms with Crippen LogP contribution in [0.15, 0.2) is 41.8 Å². The van der Waals surface area contributed by atoms with Crippen LogP contribution in [0.4, 0.5) is 5.69 Å². The first kappa shape index (κ1) is 17.2. The number of anilines is 1. The molecule has 2 rings (SSSR count). The highest BCUT2D eigenvalue weighted by Gasteiger charge is 2.07. The smallest absolute Gasteiger partial charge is 0.261 e. The first-order valence-electron chi connectivity index (χ1n) is 7.60. The van der Waals surface area contributed by atoms with Gasteiger partial charge in [0.2, 0.25) is 5.91 Å². The van der Waals surface area contributed by atoms with Gasteiger partial charge < -0.3 is 16.0 Å². The third-order valence-electron chi connectivity index (χ3n) is 3.17. The van der Waals surface area contributed by atoms with Crippen LogP contribution in [0.1, 0.15) is 28.6 Å². The maximum absolute atomic E-state index is 11.9. The molecule has 0 saturated heterocycles. The molecule has 2 aromatic rings. The average molecular weight is 331 g/mol. The minimum Gasteiger partial charge on any atom is -0.351 e. The Morgan fingerprint density at radius 1 is 1.17 bits per heavy atom. The number of rotatable bonds is 8. The standard InChI is InChI=1S/C17H21N3O2S/c1-2-18-12-13-5-3-6-14(11-13)20-16(21)8-9-19-17(22)15-7-4-10-23-15/h3-7,10-11,18H,2,8-9,12H2,1H3,(H,19,22)(H,20,21). The molecule has 0 atom stereocenters. The maximum Gasteiger partial charge on any atom is 0.261 e. The summed E-state index contributed by atoms with van der Waals surface area (Å²) in [6.45, 7) is 4.05. The zero-order chi connectivity index (χ0) is 16.5. The highest BCUT2D eigenvalue weighted by Crippen LogP contribution is 2.11. The number of thiophene rings is 1. The van der Waals surface area contributed by atoms with Crippen molar-refractivity contribution in [1.82, 2.24) is 10.6 Å². The van der Waals surface area contributed by atoms with Crippen LogP contribution in [0.5, 0.6) is 0 Å². The predicted octanol–water partition coefficient (Wildman–Crippen LogP) is 2.62. The molecule has 0 radical (unpaired) electrons. The molecule has 5 nitrogen and oxygen atoms in total. The van der Waals surface area contributed by atoms with Crippen molar-refractivity contribution >= 4 is 28.8 Å². The van der Waals surface area contributed by atoms with Crippen LogP contribution in [-0.4, -0.2) is 24.9 Å². The number of carbonyl (C=O) groups excluding carboxylic acids is 2. The second kappa shape index (κ2) is 9.07. The predicted molar refractivity (Wildman–Crippen MR) is 93.7 cm³/mol. The molecule has 2 amide bonds. The zero-order valence-corrected chi connectivity index (χ0v) is 13.9. The normalized spacial score (nSPS) is 10.3. The van der Waals surface area contributed by atoms with Crippen molar-refractivity contribution in [3.8, 4) is 0 Å². The van der Waals surface area contributed by atoms with Crippen LogP contribution in [-0.2, 0) is 11.3 Å². The SMILES string of the molecule is CCNCc1cccc(NC(=O)CCNC(=O)c2cccs2)c1. The van der Waals surface area contributed by atoms with Crippen LogP contribution in [0.25, 0.3) is 0 Å². The molecule has 3 N–H and O–H groups in total. The summed E-state index contributed by atoms with van der Waals surface area (Å²) >= 11 is 1.38. The van der Waals surface area contributed by atoms with Crippen molar-refractivity contribution in [1.29, 1.82) is 0 Å². The van der Waals surface area contributed by atoms with Gasteiger partial charge in [-0.3, -0.25) is 9.59 Å². The number of hydrogen-bond acceptors (Lipinski definition) is 4. The molecule has 23 heavy (non-hydrogen) atoms. The van der Waals surface area contributed by atoms with Crippen molar-refractivity contribution in [3.63, 3.8) is 0 Å². The molecule has 0 bridgehead atoms. The molecule has 0 aliphatic rings. The molecule has 0 saturated carbocycles. The van der Waals surface area contributed by atoms with Crippen molar-refractivity contribution < 1.29 is 9.59 Å². The van der Waals surface area contributed by atoms with Crippen LogP contribution in [0.3, 0.4) is 0 Å². The Hall–Kier alpha value is -2.18. The fraction of sp³-hybridized carbons (Fsp3) is 0.294. The van der Waals surface area contributed by atoms with Gasteiger partial charge in [-0.15, -0.1) is 11.3 Å². The number of benzene rings is 1. The van der Waals surface area contributed by atoms with E-state index in [2.05, 4.69) is 22.9 Å². The van der Waals surface area contributed by atoms with Crippen molar-refractivity contribution in [2.75, 3.05) is 18.4 Å². The molecular weight excluding hydrogens is 310 g/mol. The topological polar surface area (TPSA) is 70.2 Å². The lowest BCUT2D eigenvalue weighted by Crippen LogP contribution is -2.27. The molecule has 0 aliphatic carbocycles. The second-order valence-electron chi connectivity index (χ2n) is 5.01. The Morgan fingerprint density at radius 3 is 2.78 bits per heavy atom. The quantitative estimate of drug-likeness (QED) is 0.696. The van der Waals surface area contributed by atoms with Gasteiger partial charge in [-0.05, 0) is 35.7 Å². The van der Waals surface area contributed by atoms with E-state index in [1.54, 1.807) is 6.07 Å². The molecule has 0 spiro atoms. The average Bonchev–Trinajstić information content (AvgIpc) is 3.07. The molecule has 0 fully saturated rings. The number of carbonyl (C=O) groups is 2. The lowest BCUT2D eigenvalue weighted by atomic mass is 10.2. The Kier molecular flexibility index (Phi) is 6.77. The second-order valence-corrected chi connectivity index (χ2v) is 5.96. The van der Waals surface area contributed by atoms with Gasteiger partial charge in [0.15, 0.2) is 0 Å². The summed E-state index contributed by atoms with van der Waals surface area (Å²) in [6.07, 6.45) is 0.245. The molecule has 1 aromatic carbocycles. The van der Waals surface area contributed by atoms with Gasteiger partial charge in [0.25, 0.3) is 5.91 Å². The Bertz CT molecular complexity index is 641. The summed E-state index contributed by atoms with van der Waals surface area (Å²) in [5.74, 6) is -0.252. The van der Waals surface area contributed by atoms with Gasteiger partial charge in [0.05, 0.1) is 4.88 Å². The van der Waals surface area contributed by atoms with Crippen molar-refractivity contribution in [3.05, 3.63) is 52.2 Å². The molecular formula is C17H21N3O2S. The minimum absolute atomic E-state index is 0.114. The van der Waals surface area contributed by atoms with Crippen LogP contribution >= 0.6 is 11.3 Å². The van der Waals surface area contributed by atoms with E-state index in [9.17, 15) is 9.59 Å². The van der Waals surface area contributed by atoms with E-state index in [0.717, 1.165) is 24.3 Å². The van der Waals surface area contributed by atoms with E-state index >= 15 is 0 Å². The monoisotopic (exact) mass is 331 g/mol. The zero-order valence-electron chi connectivity index (χ0n) is 13.1. The molecule has 6 heteroatoms. The van der Waals surface area contributed by atoms with Gasteiger partial charge >= 0.3 is 0 Å². The first-order chi connectivity index (χ1) is 11.2. The third-order valence-corrected chi connectivity index (χ3v) is 4.04.